The highest BCUT2D eigenvalue weighted by molar-refractivity contribution is 9.10. The summed E-state index contributed by atoms with van der Waals surface area (Å²) in [5.74, 6) is -0.183. The minimum atomic E-state index is -0.360. The summed E-state index contributed by atoms with van der Waals surface area (Å²) in [5, 5.41) is 3.12. The van der Waals surface area contributed by atoms with Crippen LogP contribution in [-0.2, 0) is 4.74 Å². The van der Waals surface area contributed by atoms with Gasteiger partial charge in [0, 0.05) is 15.7 Å². The fourth-order valence-electron chi connectivity index (χ4n) is 3.29. The van der Waals surface area contributed by atoms with Crippen molar-refractivity contribution in [3.8, 4) is 0 Å². The lowest BCUT2D eigenvalue weighted by Crippen LogP contribution is -2.29. The molecule has 0 spiro atoms. The maximum absolute atomic E-state index is 12.9. The van der Waals surface area contributed by atoms with Crippen LogP contribution in [0.25, 0.3) is 0 Å². The van der Waals surface area contributed by atoms with Crippen molar-refractivity contribution in [2.24, 2.45) is 0 Å². The summed E-state index contributed by atoms with van der Waals surface area (Å²) >= 11 is 3.45. The highest BCUT2D eigenvalue weighted by Gasteiger charge is 2.24. The molecule has 1 saturated heterocycles. The third-order valence-electron chi connectivity index (χ3n) is 4.81. The Hall–Kier alpha value is -3.12. The van der Waals surface area contributed by atoms with Crippen LogP contribution >= 0.6 is 15.9 Å². The number of rotatable bonds is 5. The number of carbonyl (C=O) groups excluding carboxylic acids is 2. The summed E-state index contributed by atoms with van der Waals surface area (Å²) in [7, 11) is 0. The molecule has 6 heteroatoms. The predicted molar refractivity (Wildman–Crippen MR) is 115 cm³/mol. The van der Waals surface area contributed by atoms with E-state index < -0.39 is 0 Å². The Morgan fingerprint density at radius 2 is 1.59 bits per heavy atom. The maximum Gasteiger partial charge on any atom is 0.414 e. The molecule has 1 aliphatic heterocycles. The molecule has 146 valence electrons. The Bertz CT molecular complexity index is 1000. The van der Waals surface area contributed by atoms with Crippen LogP contribution in [0.4, 0.5) is 10.5 Å². The Labute approximate surface area is 177 Å². The van der Waals surface area contributed by atoms with Crippen molar-refractivity contribution in [1.29, 1.82) is 0 Å². The van der Waals surface area contributed by atoms with Crippen molar-refractivity contribution in [1.82, 2.24) is 5.32 Å². The summed E-state index contributed by atoms with van der Waals surface area (Å²) in [6.07, 6.45) is -0.360. The van der Waals surface area contributed by atoms with Gasteiger partial charge in [-0.05, 0) is 47.5 Å². The fraction of sp³-hybridized carbons (Fsp3) is 0.130. The average Bonchev–Trinajstić information content (AvgIpc) is 3.19. The van der Waals surface area contributed by atoms with E-state index in [9.17, 15) is 9.59 Å². The van der Waals surface area contributed by atoms with Crippen LogP contribution < -0.4 is 10.2 Å². The number of anilines is 1. The number of amides is 2. The van der Waals surface area contributed by atoms with Crippen molar-refractivity contribution in [2.75, 3.05) is 18.1 Å². The molecule has 3 aromatic carbocycles. The molecule has 1 atom stereocenters. The molecular formula is C23H19BrN2O3. The number of nitrogens with one attached hydrogen (secondary N) is 1. The second kappa shape index (κ2) is 8.49. The standard InChI is InChI=1S/C23H19BrN2O3/c24-19-10-6-17(7-11-19)21(16-4-2-1-3-5-16)25-22(27)18-8-12-20(13-9-18)26-14-15-29-23(26)28/h1-13,21H,14-15H2,(H,25,27). The van der Waals surface area contributed by atoms with Crippen molar-refractivity contribution in [2.45, 2.75) is 6.04 Å². The molecule has 1 heterocycles. The van der Waals surface area contributed by atoms with Crippen molar-refractivity contribution < 1.29 is 14.3 Å². The molecule has 0 radical (unpaired) electrons. The van der Waals surface area contributed by atoms with Crippen molar-refractivity contribution >= 4 is 33.6 Å². The van der Waals surface area contributed by atoms with Crippen LogP contribution in [0.3, 0.4) is 0 Å². The molecule has 1 aliphatic rings. The molecule has 4 rings (SSSR count). The Kier molecular flexibility index (Phi) is 5.62. The van der Waals surface area contributed by atoms with Gasteiger partial charge in [-0.15, -0.1) is 0 Å². The summed E-state index contributed by atoms with van der Waals surface area (Å²) < 4.78 is 5.94. The molecule has 1 unspecified atom stereocenters. The fourth-order valence-corrected chi connectivity index (χ4v) is 3.56. The topological polar surface area (TPSA) is 58.6 Å². The number of hydrogen-bond donors (Lipinski definition) is 1. The van der Waals surface area contributed by atoms with Crippen LogP contribution in [0.5, 0.6) is 0 Å². The lowest BCUT2D eigenvalue weighted by molar-refractivity contribution is 0.0943. The van der Waals surface area contributed by atoms with Crippen molar-refractivity contribution in [3.63, 3.8) is 0 Å². The zero-order chi connectivity index (χ0) is 20.2. The van der Waals surface area contributed by atoms with E-state index in [0.717, 1.165) is 21.3 Å². The monoisotopic (exact) mass is 450 g/mol. The van der Waals surface area contributed by atoms with Crippen LogP contribution in [0, 0.1) is 0 Å². The van der Waals surface area contributed by atoms with E-state index in [1.807, 2.05) is 54.6 Å². The van der Waals surface area contributed by atoms with Crippen LogP contribution in [-0.4, -0.2) is 25.2 Å². The largest absolute Gasteiger partial charge is 0.447 e. The summed E-state index contributed by atoms with van der Waals surface area (Å²) in [6, 6.07) is 24.4. The van der Waals surface area contributed by atoms with Gasteiger partial charge >= 0.3 is 6.09 Å². The van der Waals surface area contributed by atoms with Gasteiger partial charge in [0.05, 0.1) is 12.6 Å². The van der Waals surface area contributed by atoms with Gasteiger partial charge in [-0.3, -0.25) is 9.69 Å². The third-order valence-corrected chi connectivity index (χ3v) is 5.34. The Morgan fingerprint density at radius 1 is 0.931 bits per heavy atom. The second-order valence-corrected chi connectivity index (χ2v) is 7.60. The van der Waals surface area contributed by atoms with Gasteiger partial charge in [-0.25, -0.2) is 4.79 Å². The Balaban J connectivity index is 1.56. The number of cyclic esters (lactones) is 1. The summed E-state index contributed by atoms with van der Waals surface area (Å²) in [5.41, 5.74) is 3.24. The van der Waals surface area contributed by atoms with Gasteiger partial charge in [0.1, 0.15) is 6.61 Å². The zero-order valence-corrected chi connectivity index (χ0v) is 17.1. The molecular weight excluding hydrogens is 432 g/mol. The Morgan fingerprint density at radius 3 is 2.21 bits per heavy atom. The first-order valence-electron chi connectivity index (χ1n) is 9.27. The van der Waals surface area contributed by atoms with Gasteiger partial charge in [0.25, 0.3) is 5.91 Å². The van der Waals surface area contributed by atoms with Gasteiger partial charge < -0.3 is 10.1 Å². The number of carbonyl (C=O) groups is 2. The van der Waals surface area contributed by atoms with E-state index in [0.29, 0.717) is 18.7 Å². The number of halogens is 1. The molecule has 0 saturated carbocycles. The van der Waals surface area contributed by atoms with E-state index in [1.54, 1.807) is 29.2 Å². The molecule has 2 amide bonds. The number of benzene rings is 3. The lowest BCUT2D eigenvalue weighted by Gasteiger charge is -2.20. The van der Waals surface area contributed by atoms with Gasteiger partial charge in [-0.1, -0.05) is 58.4 Å². The maximum atomic E-state index is 12.9. The molecule has 1 fully saturated rings. The second-order valence-electron chi connectivity index (χ2n) is 6.68. The number of hydrogen-bond acceptors (Lipinski definition) is 3. The van der Waals surface area contributed by atoms with E-state index in [-0.39, 0.29) is 18.0 Å². The van der Waals surface area contributed by atoms with E-state index in [1.165, 1.54) is 0 Å². The lowest BCUT2D eigenvalue weighted by atomic mass is 9.98. The van der Waals surface area contributed by atoms with E-state index in [4.69, 9.17) is 4.74 Å². The highest BCUT2D eigenvalue weighted by atomic mass is 79.9. The SMILES string of the molecule is O=C(NC(c1ccccc1)c1ccc(Br)cc1)c1ccc(N2CCOC2=O)cc1. The van der Waals surface area contributed by atoms with Crippen LogP contribution in [0.2, 0.25) is 0 Å². The number of ether oxygens (including phenoxy) is 1. The summed E-state index contributed by atoms with van der Waals surface area (Å²) in [4.78, 5) is 26.2. The van der Waals surface area contributed by atoms with Gasteiger partial charge in [0.15, 0.2) is 0 Å². The quantitative estimate of drug-likeness (QED) is 0.599. The van der Waals surface area contributed by atoms with E-state index >= 15 is 0 Å². The molecule has 5 nitrogen and oxygen atoms in total. The summed E-state index contributed by atoms with van der Waals surface area (Å²) in [6.45, 7) is 0.900. The average molecular weight is 451 g/mol. The zero-order valence-electron chi connectivity index (χ0n) is 15.5. The van der Waals surface area contributed by atoms with Crippen LogP contribution in [0.1, 0.15) is 27.5 Å². The normalized spacial score (nSPS) is 14.4. The third kappa shape index (κ3) is 4.32. The van der Waals surface area contributed by atoms with Crippen molar-refractivity contribution in [3.05, 3.63) is 100 Å². The molecule has 3 aromatic rings. The molecule has 29 heavy (non-hydrogen) atoms. The van der Waals surface area contributed by atoms with E-state index in [2.05, 4.69) is 21.2 Å². The minimum Gasteiger partial charge on any atom is -0.447 e. The van der Waals surface area contributed by atoms with Crippen LogP contribution in [0.15, 0.2) is 83.3 Å². The highest BCUT2D eigenvalue weighted by Crippen LogP contribution is 2.25. The molecule has 0 bridgehead atoms. The van der Waals surface area contributed by atoms with Gasteiger partial charge in [-0.2, -0.15) is 0 Å². The minimum absolute atomic E-state index is 0.183. The predicted octanol–water partition coefficient (Wildman–Crippen LogP) is 4.93. The molecule has 0 aromatic heterocycles. The molecule has 0 aliphatic carbocycles. The number of nitrogens with zero attached hydrogens (tertiary/aromatic N) is 1. The first-order chi connectivity index (χ1) is 14.1. The molecule has 1 N–H and O–H groups in total. The smallest absolute Gasteiger partial charge is 0.414 e. The first-order valence-corrected chi connectivity index (χ1v) is 10.1. The first kappa shape index (κ1) is 19.2. The van der Waals surface area contributed by atoms with Gasteiger partial charge in [0.2, 0.25) is 0 Å².